The van der Waals surface area contributed by atoms with Crippen molar-refractivity contribution in [1.29, 1.82) is 0 Å². The third-order valence-electron chi connectivity index (χ3n) is 3.51. The van der Waals surface area contributed by atoms with Gasteiger partial charge in [0.25, 0.3) is 0 Å². The highest BCUT2D eigenvalue weighted by Crippen LogP contribution is 2.22. The first-order chi connectivity index (χ1) is 9.01. The van der Waals surface area contributed by atoms with Gasteiger partial charge in [-0.2, -0.15) is 5.10 Å². The molecule has 0 radical (unpaired) electrons. The third kappa shape index (κ3) is 3.01. The zero-order valence-corrected chi connectivity index (χ0v) is 11.9. The molecule has 3 nitrogen and oxygen atoms in total. The lowest BCUT2D eigenvalue weighted by Gasteiger charge is -2.17. The number of nitrogens with zero attached hydrogens (tertiary/aromatic N) is 2. The summed E-state index contributed by atoms with van der Waals surface area (Å²) in [5, 5.41) is 7.66. The van der Waals surface area contributed by atoms with Crippen LogP contribution in [0.4, 0.5) is 4.39 Å². The van der Waals surface area contributed by atoms with Gasteiger partial charge < -0.3 is 5.32 Å². The van der Waals surface area contributed by atoms with E-state index in [9.17, 15) is 4.39 Å². The fraction of sp³-hybridized carbons (Fsp3) is 0.400. The van der Waals surface area contributed by atoms with Crippen molar-refractivity contribution in [1.82, 2.24) is 15.1 Å². The van der Waals surface area contributed by atoms with E-state index in [2.05, 4.69) is 10.4 Å². The summed E-state index contributed by atoms with van der Waals surface area (Å²) in [6.45, 7) is 4.01. The minimum atomic E-state index is -0.182. The van der Waals surface area contributed by atoms with Crippen molar-refractivity contribution in [3.8, 4) is 0 Å². The summed E-state index contributed by atoms with van der Waals surface area (Å²) in [5.74, 6) is -0.182. The molecule has 1 unspecified atom stereocenters. The molecular weight excluding hydrogens is 241 g/mol. The van der Waals surface area contributed by atoms with Gasteiger partial charge in [-0.3, -0.25) is 4.68 Å². The summed E-state index contributed by atoms with van der Waals surface area (Å²) in [6.07, 6.45) is 2.78. The highest BCUT2D eigenvalue weighted by Gasteiger charge is 2.16. The second-order valence-electron chi connectivity index (χ2n) is 4.96. The van der Waals surface area contributed by atoms with Crippen LogP contribution in [0.1, 0.15) is 28.4 Å². The van der Waals surface area contributed by atoms with Gasteiger partial charge in [0.1, 0.15) is 5.82 Å². The van der Waals surface area contributed by atoms with Crippen molar-refractivity contribution in [2.24, 2.45) is 7.05 Å². The molecule has 0 spiro atoms. The third-order valence-corrected chi connectivity index (χ3v) is 3.51. The van der Waals surface area contributed by atoms with E-state index in [1.807, 2.05) is 44.9 Å². The maximum absolute atomic E-state index is 13.4. The van der Waals surface area contributed by atoms with Crippen LogP contribution in [0, 0.1) is 19.7 Å². The standard InChI is InChI=1S/C15H20FN3/c1-10-5-6-13(16)7-12(10)8-15(17-3)14-9-19(4)18-11(14)2/h5-7,9,15,17H,8H2,1-4H3. The van der Waals surface area contributed by atoms with Crippen molar-refractivity contribution in [3.63, 3.8) is 0 Å². The Kier molecular flexibility index (Phi) is 4.00. The number of hydrogen-bond acceptors (Lipinski definition) is 2. The van der Waals surface area contributed by atoms with Gasteiger partial charge in [0.05, 0.1) is 5.69 Å². The summed E-state index contributed by atoms with van der Waals surface area (Å²) in [5.41, 5.74) is 4.32. The zero-order chi connectivity index (χ0) is 14.0. The maximum Gasteiger partial charge on any atom is 0.123 e. The molecule has 1 N–H and O–H groups in total. The largest absolute Gasteiger partial charge is 0.313 e. The number of likely N-dealkylation sites (N-methyl/N-ethyl adjacent to an activating group) is 1. The number of benzene rings is 1. The Morgan fingerprint density at radius 1 is 1.37 bits per heavy atom. The number of hydrogen-bond donors (Lipinski definition) is 1. The van der Waals surface area contributed by atoms with Gasteiger partial charge >= 0.3 is 0 Å². The van der Waals surface area contributed by atoms with E-state index in [0.29, 0.717) is 0 Å². The SMILES string of the molecule is CNC(Cc1cc(F)ccc1C)c1cn(C)nc1C. The monoisotopic (exact) mass is 261 g/mol. The van der Waals surface area contributed by atoms with E-state index in [1.54, 1.807) is 6.07 Å². The highest BCUT2D eigenvalue weighted by atomic mass is 19.1. The molecule has 2 rings (SSSR count). The topological polar surface area (TPSA) is 29.9 Å². The molecule has 0 amide bonds. The summed E-state index contributed by atoms with van der Waals surface area (Å²) in [7, 11) is 3.84. The second kappa shape index (κ2) is 5.53. The molecular formula is C15H20FN3. The van der Waals surface area contributed by atoms with Crippen LogP contribution in [0.25, 0.3) is 0 Å². The minimum absolute atomic E-state index is 0.147. The van der Waals surface area contributed by atoms with E-state index >= 15 is 0 Å². The fourth-order valence-electron chi connectivity index (χ4n) is 2.41. The molecule has 102 valence electrons. The molecule has 2 aromatic rings. The molecule has 19 heavy (non-hydrogen) atoms. The molecule has 0 aliphatic heterocycles. The average Bonchev–Trinajstić information content (AvgIpc) is 2.69. The van der Waals surface area contributed by atoms with Gasteiger partial charge in [0.2, 0.25) is 0 Å². The fourth-order valence-corrected chi connectivity index (χ4v) is 2.41. The molecule has 1 aromatic heterocycles. The van der Waals surface area contributed by atoms with Crippen LogP contribution < -0.4 is 5.32 Å². The molecule has 0 fully saturated rings. The number of nitrogens with one attached hydrogen (secondary N) is 1. The summed E-state index contributed by atoms with van der Waals surface area (Å²) in [4.78, 5) is 0. The van der Waals surface area contributed by atoms with Crippen LogP contribution in [-0.4, -0.2) is 16.8 Å². The molecule has 0 aliphatic carbocycles. The van der Waals surface area contributed by atoms with Crippen molar-refractivity contribution < 1.29 is 4.39 Å². The van der Waals surface area contributed by atoms with Crippen LogP contribution in [0.2, 0.25) is 0 Å². The van der Waals surface area contributed by atoms with E-state index in [0.717, 1.165) is 28.8 Å². The molecule has 1 aromatic carbocycles. The Labute approximate surface area is 113 Å². The van der Waals surface area contributed by atoms with Gasteiger partial charge in [-0.05, 0) is 50.6 Å². The van der Waals surface area contributed by atoms with Crippen molar-refractivity contribution in [2.45, 2.75) is 26.3 Å². The van der Waals surface area contributed by atoms with Crippen LogP contribution >= 0.6 is 0 Å². The molecule has 1 atom stereocenters. The van der Waals surface area contributed by atoms with Gasteiger partial charge in [0, 0.05) is 24.8 Å². The Morgan fingerprint density at radius 3 is 2.68 bits per heavy atom. The van der Waals surface area contributed by atoms with Gasteiger partial charge in [0.15, 0.2) is 0 Å². The summed E-state index contributed by atoms with van der Waals surface area (Å²) in [6, 6.07) is 5.09. The molecule has 1 heterocycles. The Bertz CT molecular complexity index is 575. The van der Waals surface area contributed by atoms with Crippen LogP contribution in [0.3, 0.4) is 0 Å². The molecule has 4 heteroatoms. The summed E-state index contributed by atoms with van der Waals surface area (Å²) < 4.78 is 15.2. The second-order valence-corrected chi connectivity index (χ2v) is 4.96. The number of aromatic nitrogens is 2. The lowest BCUT2D eigenvalue weighted by atomic mass is 9.96. The molecule has 0 aliphatic rings. The van der Waals surface area contributed by atoms with E-state index in [1.165, 1.54) is 6.07 Å². The number of halogens is 1. The van der Waals surface area contributed by atoms with Gasteiger partial charge in [-0.15, -0.1) is 0 Å². The van der Waals surface area contributed by atoms with Gasteiger partial charge in [-0.1, -0.05) is 6.07 Å². The highest BCUT2D eigenvalue weighted by molar-refractivity contribution is 5.30. The van der Waals surface area contributed by atoms with Crippen molar-refractivity contribution >= 4 is 0 Å². The van der Waals surface area contributed by atoms with Gasteiger partial charge in [-0.25, -0.2) is 4.39 Å². The van der Waals surface area contributed by atoms with E-state index in [-0.39, 0.29) is 11.9 Å². The number of rotatable bonds is 4. The van der Waals surface area contributed by atoms with E-state index < -0.39 is 0 Å². The lowest BCUT2D eigenvalue weighted by Crippen LogP contribution is -2.19. The Hall–Kier alpha value is -1.68. The smallest absolute Gasteiger partial charge is 0.123 e. The number of aryl methyl sites for hydroxylation is 3. The Balaban J connectivity index is 2.29. The zero-order valence-electron chi connectivity index (χ0n) is 11.9. The van der Waals surface area contributed by atoms with Crippen LogP contribution in [-0.2, 0) is 13.5 Å². The first-order valence-electron chi connectivity index (χ1n) is 6.43. The minimum Gasteiger partial charge on any atom is -0.313 e. The summed E-state index contributed by atoms with van der Waals surface area (Å²) >= 11 is 0. The normalized spacial score (nSPS) is 12.7. The predicted octanol–water partition coefficient (Wildman–Crippen LogP) is 2.68. The van der Waals surface area contributed by atoms with Crippen molar-refractivity contribution in [3.05, 3.63) is 52.6 Å². The first-order valence-corrected chi connectivity index (χ1v) is 6.43. The first kappa shape index (κ1) is 13.7. The maximum atomic E-state index is 13.4. The molecule has 0 bridgehead atoms. The van der Waals surface area contributed by atoms with E-state index in [4.69, 9.17) is 0 Å². The quantitative estimate of drug-likeness (QED) is 0.917. The predicted molar refractivity (Wildman–Crippen MR) is 74.6 cm³/mol. The Morgan fingerprint density at radius 2 is 2.11 bits per heavy atom. The molecule has 0 saturated carbocycles. The molecule has 0 saturated heterocycles. The average molecular weight is 261 g/mol. The lowest BCUT2D eigenvalue weighted by molar-refractivity contribution is 0.579. The van der Waals surface area contributed by atoms with Crippen LogP contribution in [0.15, 0.2) is 24.4 Å². The van der Waals surface area contributed by atoms with Crippen LogP contribution in [0.5, 0.6) is 0 Å². The van der Waals surface area contributed by atoms with Crippen molar-refractivity contribution in [2.75, 3.05) is 7.05 Å².